The van der Waals surface area contributed by atoms with Crippen LogP contribution in [-0.4, -0.2) is 45.3 Å². The van der Waals surface area contributed by atoms with Crippen LogP contribution >= 0.6 is 0 Å². The number of nitrogens with two attached hydrogens (primary N) is 1. The summed E-state index contributed by atoms with van der Waals surface area (Å²) in [6, 6.07) is 11.6. The maximum Gasteiger partial charge on any atom is 0.516 e. The van der Waals surface area contributed by atoms with Gasteiger partial charge in [-0.05, 0) is 25.1 Å². The molecule has 11 nitrogen and oxygen atoms in total. The number of benzene rings is 2. The van der Waals surface area contributed by atoms with E-state index in [2.05, 4.69) is 25.4 Å². The van der Waals surface area contributed by atoms with Crippen molar-refractivity contribution < 1.29 is 35.1 Å². The van der Waals surface area contributed by atoms with E-state index in [-0.39, 0.29) is 41.7 Å². The first-order valence-electron chi connectivity index (χ1n) is 12.4. The number of anilines is 4. The van der Waals surface area contributed by atoms with Gasteiger partial charge in [0.15, 0.2) is 17.5 Å². The largest absolute Gasteiger partial charge is 0.516 e. The third-order valence-electron chi connectivity index (χ3n) is 6.02. The van der Waals surface area contributed by atoms with Crippen molar-refractivity contribution in [1.29, 1.82) is 0 Å². The zero-order valence-corrected chi connectivity index (χ0v) is 22.8. The van der Waals surface area contributed by atoms with Gasteiger partial charge in [0.25, 0.3) is 0 Å². The van der Waals surface area contributed by atoms with Gasteiger partial charge in [-0.1, -0.05) is 18.2 Å². The number of para-hydroxylation sites is 1. The van der Waals surface area contributed by atoms with Crippen molar-refractivity contribution in [1.82, 2.24) is 24.7 Å². The zero-order chi connectivity index (χ0) is 30.9. The third-order valence-corrected chi connectivity index (χ3v) is 7.11. The lowest BCUT2D eigenvalue weighted by molar-refractivity contribution is -0.0429. The topological polar surface area (TPSA) is 150 Å². The number of fused-ring (bicyclic) bond motifs is 1. The van der Waals surface area contributed by atoms with Gasteiger partial charge in [-0.15, -0.1) is 0 Å². The molecule has 0 spiro atoms. The summed E-state index contributed by atoms with van der Waals surface area (Å²) in [5.74, 6) is -3.01. The van der Waals surface area contributed by atoms with Crippen molar-refractivity contribution in [3.8, 4) is 17.3 Å². The first kappa shape index (κ1) is 29.4. The van der Waals surface area contributed by atoms with Gasteiger partial charge < -0.3 is 15.8 Å². The number of nitrogens with zero attached hydrogens (tertiary/aromatic N) is 5. The second-order valence-electron chi connectivity index (χ2n) is 8.89. The highest BCUT2D eigenvalue weighted by atomic mass is 32.2. The summed E-state index contributed by atoms with van der Waals surface area (Å²) in [6.07, 6.45) is 2.75. The highest BCUT2D eigenvalue weighted by molar-refractivity contribution is 7.93. The summed E-state index contributed by atoms with van der Waals surface area (Å²) in [6.45, 7) is 1.53. The Bertz CT molecular complexity index is 1900. The molecule has 0 aliphatic heterocycles. The lowest BCUT2D eigenvalue weighted by atomic mass is 10.1. The predicted octanol–water partition coefficient (Wildman–Crippen LogP) is 5.20. The molecule has 224 valence electrons. The standard InChI is InChI=1S/C26H21F5N8O3S/c1-2-42-15-11-18(27)17(19(28)12-15)13-39-20-6-4-3-5-16(20)21(37-39)24-35-23(32)22(38-43(40,41)26(29,30)31)25(36-24)34-14-7-9-33-10-8-14/h3-12,38H,2,13H2,1H3,(H3,32,33,34,35,36). The number of ether oxygens (including phenoxy) is 1. The molecule has 0 atom stereocenters. The van der Waals surface area contributed by atoms with Gasteiger partial charge in [0.1, 0.15) is 28.8 Å². The second-order valence-corrected chi connectivity index (χ2v) is 10.6. The normalized spacial score (nSPS) is 12.0. The molecule has 2 aromatic carbocycles. The average Bonchev–Trinajstić information content (AvgIpc) is 3.31. The maximum atomic E-state index is 14.9. The van der Waals surface area contributed by atoms with Crippen molar-refractivity contribution in [3.05, 3.63) is 78.1 Å². The van der Waals surface area contributed by atoms with Crippen molar-refractivity contribution in [2.45, 2.75) is 19.0 Å². The van der Waals surface area contributed by atoms with E-state index in [0.29, 0.717) is 10.9 Å². The van der Waals surface area contributed by atoms with E-state index in [0.717, 1.165) is 12.1 Å². The summed E-state index contributed by atoms with van der Waals surface area (Å²) < 4.78 is 101. The van der Waals surface area contributed by atoms with Crippen LogP contribution in [0, 0.1) is 11.6 Å². The van der Waals surface area contributed by atoms with E-state index in [1.807, 2.05) is 0 Å². The smallest absolute Gasteiger partial charge is 0.494 e. The Hall–Kier alpha value is -5.06. The van der Waals surface area contributed by atoms with Crippen molar-refractivity contribution >= 4 is 43.9 Å². The lowest BCUT2D eigenvalue weighted by Gasteiger charge is -2.16. The molecule has 4 N–H and O–H groups in total. The van der Waals surface area contributed by atoms with Crippen LogP contribution in [0.2, 0.25) is 0 Å². The van der Waals surface area contributed by atoms with Gasteiger partial charge in [0.2, 0.25) is 0 Å². The maximum absolute atomic E-state index is 14.9. The minimum atomic E-state index is -5.91. The molecule has 5 rings (SSSR count). The molecule has 0 bridgehead atoms. The molecule has 0 saturated heterocycles. The number of alkyl halides is 3. The summed E-state index contributed by atoms with van der Waals surface area (Å²) >= 11 is 0. The number of sulfonamides is 1. The first-order valence-corrected chi connectivity index (χ1v) is 13.9. The van der Waals surface area contributed by atoms with Crippen molar-refractivity contribution in [2.24, 2.45) is 0 Å². The van der Waals surface area contributed by atoms with Crippen LogP contribution in [0.25, 0.3) is 22.4 Å². The molecule has 0 unspecified atom stereocenters. The number of rotatable bonds is 9. The number of aromatic nitrogens is 5. The molecule has 0 amide bonds. The molecule has 0 radical (unpaired) electrons. The van der Waals surface area contributed by atoms with Crippen LogP contribution < -0.4 is 20.5 Å². The molecule has 0 saturated carbocycles. The Morgan fingerprint density at radius 3 is 2.35 bits per heavy atom. The van der Waals surface area contributed by atoms with Gasteiger partial charge in [0, 0.05) is 41.2 Å². The first-order chi connectivity index (χ1) is 20.4. The highest BCUT2D eigenvalue weighted by Crippen LogP contribution is 2.36. The van der Waals surface area contributed by atoms with E-state index in [1.54, 1.807) is 31.2 Å². The predicted molar refractivity (Wildman–Crippen MR) is 148 cm³/mol. The van der Waals surface area contributed by atoms with E-state index in [4.69, 9.17) is 10.5 Å². The van der Waals surface area contributed by atoms with Crippen LogP contribution in [-0.2, 0) is 16.6 Å². The fraction of sp³-hybridized carbons (Fsp3) is 0.154. The molecule has 17 heteroatoms. The Morgan fingerprint density at radius 2 is 1.70 bits per heavy atom. The molecular formula is C26H21F5N8O3S. The Balaban J connectivity index is 1.63. The lowest BCUT2D eigenvalue weighted by Crippen LogP contribution is -2.30. The Kier molecular flexibility index (Phi) is 7.74. The summed E-state index contributed by atoms with van der Waals surface area (Å²) in [7, 11) is -5.91. The minimum absolute atomic E-state index is 0.0200. The van der Waals surface area contributed by atoms with Crippen LogP contribution in [0.4, 0.5) is 45.0 Å². The number of halogens is 5. The molecular weight excluding hydrogens is 599 g/mol. The fourth-order valence-corrected chi connectivity index (χ4v) is 4.67. The van der Waals surface area contributed by atoms with Crippen molar-refractivity contribution in [3.63, 3.8) is 0 Å². The summed E-state index contributed by atoms with van der Waals surface area (Å²) in [5, 5.41) is 7.56. The number of pyridine rings is 1. The highest BCUT2D eigenvalue weighted by Gasteiger charge is 2.47. The van der Waals surface area contributed by atoms with Gasteiger partial charge in [0.05, 0.1) is 18.7 Å². The minimum Gasteiger partial charge on any atom is -0.494 e. The molecule has 3 aromatic heterocycles. The molecule has 5 aromatic rings. The van der Waals surface area contributed by atoms with Crippen LogP contribution in [0.5, 0.6) is 5.75 Å². The average molecular weight is 621 g/mol. The zero-order valence-electron chi connectivity index (χ0n) is 22.0. The number of nitrogens with one attached hydrogen (secondary N) is 2. The van der Waals surface area contributed by atoms with Gasteiger partial charge >= 0.3 is 15.5 Å². The van der Waals surface area contributed by atoms with Gasteiger partial charge in [-0.25, -0.2) is 18.7 Å². The van der Waals surface area contributed by atoms with E-state index in [1.165, 1.54) is 33.9 Å². The Labute approximate surface area is 240 Å². The summed E-state index contributed by atoms with van der Waals surface area (Å²) in [4.78, 5) is 12.1. The molecule has 0 fully saturated rings. The fourth-order valence-electron chi connectivity index (χ4n) is 4.08. The molecule has 0 aliphatic carbocycles. The molecule has 43 heavy (non-hydrogen) atoms. The van der Waals surface area contributed by atoms with Gasteiger partial charge in [-0.2, -0.15) is 26.7 Å². The van der Waals surface area contributed by atoms with E-state index in [9.17, 15) is 30.4 Å². The van der Waals surface area contributed by atoms with E-state index >= 15 is 0 Å². The number of hydrogen-bond acceptors (Lipinski definition) is 9. The number of hydrogen-bond donors (Lipinski definition) is 3. The number of nitrogen functional groups attached to an aromatic ring is 1. The molecule has 0 aliphatic rings. The van der Waals surface area contributed by atoms with Crippen LogP contribution in [0.3, 0.4) is 0 Å². The van der Waals surface area contributed by atoms with Crippen LogP contribution in [0.15, 0.2) is 60.9 Å². The van der Waals surface area contributed by atoms with Crippen molar-refractivity contribution in [2.75, 3.05) is 22.4 Å². The van der Waals surface area contributed by atoms with Gasteiger partial charge in [-0.3, -0.25) is 14.4 Å². The second kappa shape index (κ2) is 11.3. The SMILES string of the molecule is CCOc1cc(F)c(Cn2nc(-c3nc(N)c(NS(=O)(=O)C(F)(F)F)c(Nc4ccncc4)n3)c3ccccc32)c(F)c1. The molecule has 3 heterocycles. The quantitative estimate of drug-likeness (QED) is 0.189. The van der Waals surface area contributed by atoms with Crippen LogP contribution in [0.1, 0.15) is 12.5 Å². The Morgan fingerprint density at radius 1 is 1.02 bits per heavy atom. The monoisotopic (exact) mass is 620 g/mol. The third kappa shape index (κ3) is 5.97. The summed E-state index contributed by atoms with van der Waals surface area (Å²) in [5.41, 5.74) is -0.00738. The van der Waals surface area contributed by atoms with E-state index < -0.39 is 44.5 Å².